The Kier molecular flexibility index (Phi) is 3.75. The molecule has 0 bridgehead atoms. The number of hydrogen-bond donors (Lipinski definition) is 2. The van der Waals surface area contributed by atoms with Crippen molar-refractivity contribution in [2.24, 2.45) is 5.73 Å². The van der Waals surface area contributed by atoms with E-state index >= 15 is 0 Å². The summed E-state index contributed by atoms with van der Waals surface area (Å²) in [5.74, 6) is -1.05. The van der Waals surface area contributed by atoms with Gasteiger partial charge >= 0.3 is 5.97 Å². The summed E-state index contributed by atoms with van der Waals surface area (Å²) in [7, 11) is 0. The second kappa shape index (κ2) is 4.64. The highest BCUT2D eigenvalue weighted by molar-refractivity contribution is 6.33. The Bertz CT molecular complexity index is 355. The number of rotatable bonds is 3. The van der Waals surface area contributed by atoms with Crippen molar-refractivity contribution in [3.05, 3.63) is 33.8 Å². The second-order valence-corrected chi connectivity index (χ2v) is 3.73. The van der Waals surface area contributed by atoms with Crippen LogP contribution in [-0.2, 0) is 11.2 Å². The molecule has 0 radical (unpaired) electrons. The number of carbonyl (C=O) groups is 1. The van der Waals surface area contributed by atoms with Crippen molar-refractivity contribution in [1.29, 1.82) is 0 Å². The van der Waals surface area contributed by atoms with Gasteiger partial charge in [-0.1, -0.05) is 23.2 Å². The van der Waals surface area contributed by atoms with Crippen molar-refractivity contribution in [3.8, 4) is 0 Å². The summed E-state index contributed by atoms with van der Waals surface area (Å²) in [6.07, 6.45) is 0.175. The first-order chi connectivity index (χ1) is 6.50. The molecule has 3 N–H and O–H groups in total. The third kappa shape index (κ3) is 2.87. The lowest BCUT2D eigenvalue weighted by Crippen LogP contribution is -2.32. The average molecular weight is 234 g/mol. The summed E-state index contributed by atoms with van der Waals surface area (Å²) >= 11 is 11.6. The fourth-order valence-corrected chi connectivity index (χ4v) is 1.41. The molecule has 0 heterocycles. The molecule has 0 fully saturated rings. The van der Waals surface area contributed by atoms with Crippen LogP contribution in [0.25, 0.3) is 0 Å². The Morgan fingerprint density at radius 3 is 2.71 bits per heavy atom. The number of hydrogen-bond acceptors (Lipinski definition) is 2. The lowest BCUT2D eigenvalue weighted by Gasteiger charge is -2.08. The minimum Gasteiger partial charge on any atom is -0.480 e. The molecule has 0 aromatic heterocycles. The molecule has 1 rings (SSSR count). The zero-order chi connectivity index (χ0) is 10.7. The van der Waals surface area contributed by atoms with Gasteiger partial charge in [0.05, 0.1) is 0 Å². The van der Waals surface area contributed by atoms with E-state index in [4.69, 9.17) is 34.0 Å². The van der Waals surface area contributed by atoms with E-state index in [9.17, 15) is 4.79 Å². The van der Waals surface area contributed by atoms with E-state index < -0.39 is 12.0 Å². The standard InChI is InChI=1S/C9H9Cl2NO2/c10-6-1-2-7(11)5(3-6)4-8(12)9(13)14/h1-3,8H,4,12H2,(H,13,14)/t8-/m1/s1. The van der Waals surface area contributed by atoms with Crippen LogP contribution in [0.15, 0.2) is 18.2 Å². The number of nitrogens with two attached hydrogens (primary N) is 1. The van der Waals surface area contributed by atoms with Crippen molar-refractivity contribution < 1.29 is 9.90 Å². The molecule has 0 amide bonds. The van der Waals surface area contributed by atoms with E-state index in [1.54, 1.807) is 18.2 Å². The molecule has 76 valence electrons. The molecule has 0 saturated carbocycles. The van der Waals surface area contributed by atoms with Gasteiger partial charge in [-0.15, -0.1) is 0 Å². The Hall–Kier alpha value is -0.770. The maximum atomic E-state index is 10.5. The smallest absolute Gasteiger partial charge is 0.320 e. The van der Waals surface area contributed by atoms with Crippen LogP contribution in [0.1, 0.15) is 5.56 Å². The minimum absolute atomic E-state index is 0.175. The van der Waals surface area contributed by atoms with Gasteiger partial charge in [0, 0.05) is 10.0 Å². The predicted octanol–water partition coefficient (Wildman–Crippen LogP) is 1.95. The van der Waals surface area contributed by atoms with Gasteiger partial charge in [0.1, 0.15) is 6.04 Å². The molecule has 0 unspecified atom stereocenters. The van der Waals surface area contributed by atoms with Crippen LogP contribution in [0, 0.1) is 0 Å². The Morgan fingerprint density at radius 2 is 2.14 bits per heavy atom. The van der Waals surface area contributed by atoms with Crippen molar-refractivity contribution in [2.45, 2.75) is 12.5 Å². The molecule has 3 nitrogen and oxygen atoms in total. The van der Waals surface area contributed by atoms with Crippen molar-refractivity contribution in [3.63, 3.8) is 0 Å². The molecular formula is C9H9Cl2NO2. The molecular weight excluding hydrogens is 225 g/mol. The fourth-order valence-electron chi connectivity index (χ4n) is 1.02. The third-order valence-electron chi connectivity index (χ3n) is 1.76. The van der Waals surface area contributed by atoms with E-state index in [0.29, 0.717) is 15.6 Å². The number of halogens is 2. The number of aliphatic carboxylic acids is 1. The molecule has 0 aliphatic heterocycles. The average Bonchev–Trinajstić information content (AvgIpc) is 2.11. The predicted molar refractivity (Wildman–Crippen MR) is 55.8 cm³/mol. The number of carboxylic acid groups (broad SMARTS) is 1. The molecule has 0 aliphatic rings. The highest BCUT2D eigenvalue weighted by Gasteiger charge is 2.14. The van der Waals surface area contributed by atoms with Crippen LogP contribution in [0.4, 0.5) is 0 Å². The molecule has 1 aromatic carbocycles. The van der Waals surface area contributed by atoms with E-state index in [-0.39, 0.29) is 6.42 Å². The van der Waals surface area contributed by atoms with Crippen LogP contribution in [0.3, 0.4) is 0 Å². The third-order valence-corrected chi connectivity index (χ3v) is 2.37. The molecule has 1 aromatic rings. The first-order valence-electron chi connectivity index (χ1n) is 3.93. The van der Waals surface area contributed by atoms with Crippen LogP contribution < -0.4 is 5.73 Å². The molecule has 0 saturated heterocycles. The van der Waals surface area contributed by atoms with Gasteiger partial charge in [-0.2, -0.15) is 0 Å². The first kappa shape index (κ1) is 11.3. The van der Waals surface area contributed by atoms with Crippen LogP contribution in [0.2, 0.25) is 10.0 Å². The zero-order valence-electron chi connectivity index (χ0n) is 7.21. The van der Waals surface area contributed by atoms with Gasteiger partial charge in [0.25, 0.3) is 0 Å². The largest absolute Gasteiger partial charge is 0.480 e. The quantitative estimate of drug-likeness (QED) is 0.839. The van der Waals surface area contributed by atoms with Crippen molar-refractivity contribution >= 4 is 29.2 Å². The maximum absolute atomic E-state index is 10.5. The fraction of sp³-hybridized carbons (Fsp3) is 0.222. The van der Waals surface area contributed by atoms with Gasteiger partial charge < -0.3 is 10.8 Å². The Morgan fingerprint density at radius 1 is 1.50 bits per heavy atom. The van der Waals surface area contributed by atoms with E-state index in [1.165, 1.54) is 0 Å². The molecule has 0 spiro atoms. The van der Waals surface area contributed by atoms with Crippen LogP contribution >= 0.6 is 23.2 Å². The summed E-state index contributed by atoms with van der Waals surface area (Å²) in [6.45, 7) is 0. The van der Waals surface area contributed by atoms with Gasteiger partial charge in [-0.25, -0.2) is 0 Å². The van der Waals surface area contributed by atoms with Crippen molar-refractivity contribution in [1.82, 2.24) is 0 Å². The molecule has 0 aliphatic carbocycles. The zero-order valence-corrected chi connectivity index (χ0v) is 8.72. The lowest BCUT2D eigenvalue weighted by molar-refractivity contribution is -0.138. The summed E-state index contributed by atoms with van der Waals surface area (Å²) in [5, 5.41) is 9.60. The highest BCUT2D eigenvalue weighted by Crippen LogP contribution is 2.21. The topological polar surface area (TPSA) is 63.3 Å². The molecule has 14 heavy (non-hydrogen) atoms. The highest BCUT2D eigenvalue weighted by atomic mass is 35.5. The molecule has 5 heteroatoms. The summed E-state index contributed by atoms with van der Waals surface area (Å²) < 4.78 is 0. The minimum atomic E-state index is -1.05. The van der Waals surface area contributed by atoms with Crippen LogP contribution in [-0.4, -0.2) is 17.1 Å². The molecule has 1 atom stereocenters. The van der Waals surface area contributed by atoms with E-state index in [0.717, 1.165) is 0 Å². The monoisotopic (exact) mass is 233 g/mol. The Balaban J connectivity index is 2.85. The lowest BCUT2D eigenvalue weighted by atomic mass is 10.1. The van der Waals surface area contributed by atoms with E-state index in [2.05, 4.69) is 0 Å². The van der Waals surface area contributed by atoms with E-state index in [1.807, 2.05) is 0 Å². The Labute approximate surface area is 91.4 Å². The van der Waals surface area contributed by atoms with Crippen LogP contribution in [0.5, 0.6) is 0 Å². The first-order valence-corrected chi connectivity index (χ1v) is 4.68. The SMILES string of the molecule is N[C@H](Cc1cc(Cl)ccc1Cl)C(=O)O. The van der Waals surface area contributed by atoms with Crippen molar-refractivity contribution in [2.75, 3.05) is 0 Å². The van der Waals surface area contributed by atoms with Gasteiger partial charge in [0.2, 0.25) is 0 Å². The second-order valence-electron chi connectivity index (χ2n) is 2.88. The number of carboxylic acids is 1. The van der Waals surface area contributed by atoms with Gasteiger partial charge in [0.15, 0.2) is 0 Å². The summed E-state index contributed by atoms with van der Waals surface area (Å²) in [4.78, 5) is 10.5. The summed E-state index contributed by atoms with van der Waals surface area (Å²) in [6, 6.07) is 3.92. The van der Waals surface area contributed by atoms with Gasteiger partial charge in [-0.3, -0.25) is 4.79 Å². The number of benzene rings is 1. The summed E-state index contributed by atoms with van der Waals surface area (Å²) in [5.41, 5.74) is 6.01. The maximum Gasteiger partial charge on any atom is 0.320 e. The normalized spacial score (nSPS) is 12.5. The van der Waals surface area contributed by atoms with Gasteiger partial charge in [-0.05, 0) is 30.2 Å².